The number of amides is 1. The van der Waals surface area contributed by atoms with E-state index in [9.17, 15) is 13.6 Å². The maximum Gasteiger partial charge on any atom is 0.315 e. The molecule has 1 aliphatic carbocycles. The summed E-state index contributed by atoms with van der Waals surface area (Å²) < 4.78 is 29.9. The third-order valence-electron chi connectivity index (χ3n) is 4.30. The van der Waals surface area contributed by atoms with Gasteiger partial charge in [0, 0.05) is 5.56 Å². The highest BCUT2D eigenvalue weighted by molar-refractivity contribution is 5.97. The quantitative estimate of drug-likeness (QED) is 0.765. The molecule has 1 saturated carbocycles. The molecule has 1 fully saturated rings. The minimum absolute atomic E-state index is 0.0972. The summed E-state index contributed by atoms with van der Waals surface area (Å²) in [7, 11) is 0. The van der Waals surface area contributed by atoms with E-state index >= 15 is 0 Å². The SMILES string of the molecule is O=C(NC1(c2noc(C(F)F)n2)CCC1)c1ccc2nc[nH]c2c1. The van der Waals surface area contributed by atoms with Crippen LogP contribution in [-0.4, -0.2) is 26.0 Å². The number of imidazole rings is 1. The number of nitrogens with one attached hydrogen (secondary N) is 2. The summed E-state index contributed by atoms with van der Waals surface area (Å²) in [4.78, 5) is 23.3. The lowest BCUT2D eigenvalue weighted by Gasteiger charge is -2.39. The van der Waals surface area contributed by atoms with Gasteiger partial charge in [-0.1, -0.05) is 5.16 Å². The van der Waals surface area contributed by atoms with Crippen LogP contribution in [0.4, 0.5) is 8.78 Å². The van der Waals surface area contributed by atoms with Crippen molar-refractivity contribution in [1.82, 2.24) is 25.4 Å². The summed E-state index contributed by atoms with van der Waals surface area (Å²) in [6, 6.07) is 5.08. The summed E-state index contributed by atoms with van der Waals surface area (Å²) in [5, 5.41) is 6.49. The number of aromatic amines is 1. The number of nitrogens with zero attached hydrogens (tertiary/aromatic N) is 3. The van der Waals surface area contributed by atoms with Crippen LogP contribution in [0.3, 0.4) is 0 Å². The molecule has 3 aromatic rings. The van der Waals surface area contributed by atoms with Gasteiger partial charge in [-0.25, -0.2) is 4.98 Å². The predicted molar refractivity (Wildman–Crippen MR) is 78.3 cm³/mol. The van der Waals surface area contributed by atoms with Gasteiger partial charge in [-0.05, 0) is 37.5 Å². The topological polar surface area (TPSA) is 96.7 Å². The number of alkyl halides is 2. The molecular formula is C15H13F2N5O2. The Hall–Kier alpha value is -2.84. The zero-order valence-corrected chi connectivity index (χ0v) is 12.4. The number of benzene rings is 1. The van der Waals surface area contributed by atoms with Crippen molar-refractivity contribution >= 4 is 16.9 Å². The van der Waals surface area contributed by atoms with E-state index in [4.69, 9.17) is 0 Å². The van der Waals surface area contributed by atoms with E-state index < -0.39 is 17.9 Å². The average Bonchev–Trinajstić information content (AvgIpc) is 3.18. The van der Waals surface area contributed by atoms with Crippen LogP contribution < -0.4 is 5.32 Å². The highest BCUT2D eigenvalue weighted by atomic mass is 19.3. The second-order valence-corrected chi connectivity index (χ2v) is 5.78. The molecule has 0 atom stereocenters. The van der Waals surface area contributed by atoms with Gasteiger partial charge in [-0.15, -0.1) is 0 Å². The van der Waals surface area contributed by atoms with E-state index in [2.05, 4.69) is 29.9 Å². The minimum Gasteiger partial charge on any atom is -0.345 e. The van der Waals surface area contributed by atoms with Gasteiger partial charge in [0.15, 0.2) is 5.82 Å². The largest absolute Gasteiger partial charge is 0.345 e. The second-order valence-electron chi connectivity index (χ2n) is 5.78. The van der Waals surface area contributed by atoms with Gasteiger partial charge in [-0.3, -0.25) is 4.79 Å². The van der Waals surface area contributed by atoms with Gasteiger partial charge in [0.2, 0.25) is 0 Å². The molecule has 0 bridgehead atoms. The highest BCUT2D eigenvalue weighted by Crippen LogP contribution is 2.40. The zero-order chi connectivity index (χ0) is 16.7. The number of rotatable bonds is 4. The van der Waals surface area contributed by atoms with Gasteiger partial charge < -0.3 is 14.8 Å². The number of halogens is 2. The minimum atomic E-state index is -2.83. The Balaban J connectivity index is 1.60. The Morgan fingerprint density at radius 2 is 2.21 bits per heavy atom. The fraction of sp³-hybridized carbons (Fsp3) is 0.333. The fourth-order valence-corrected chi connectivity index (χ4v) is 2.82. The lowest BCUT2D eigenvalue weighted by Crippen LogP contribution is -2.51. The molecule has 1 aliphatic rings. The standard InChI is InChI=1S/C15H13F2N5O2/c16-11(17)13-20-14(22-24-13)15(4-1-5-15)21-12(23)8-2-3-9-10(6-8)19-7-18-9/h2-3,6-7,11H,1,4-5H2,(H,18,19)(H,21,23). The van der Waals surface area contributed by atoms with Crippen molar-refractivity contribution in [2.45, 2.75) is 31.2 Å². The Labute approximate surface area is 134 Å². The highest BCUT2D eigenvalue weighted by Gasteiger charge is 2.45. The molecular weight excluding hydrogens is 320 g/mol. The Morgan fingerprint density at radius 3 is 2.88 bits per heavy atom. The molecule has 2 heterocycles. The van der Waals surface area contributed by atoms with Crippen LogP contribution in [0.5, 0.6) is 0 Å². The van der Waals surface area contributed by atoms with Crippen molar-refractivity contribution in [3.63, 3.8) is 0 Å². The number of fused-ring (bicyclic) bond motifs is 1. The third-order valence-corrected chi connectivity index (χ3v) is 4.30. The molecule has 0 saturated heterocycles. The molecule has 2 aromatic heterocycles. The summed E-state index contributed by atoms with van der Waals surface area (Å²) in [6.07, 6.45) is 0.714. The van der Waals surface area contributed by atoms with E-state index in [0.717, 1.165) is 17.5 Å². The van der Waals surface area contributed by atoms with E-state index in [0.29, 0.717) is 18.4 Å². The molecule has 0 unspecified atom stereocenters. The van der Waals surface area contributed by atoms with Crippen molar-refractivity contribution in [3.8, 4) is 0 Å². The molecule has 1 aromatic carbocycles. The molecule has 24 heavy (non-hydrogen) atoms. The maximum atomic E-state index is 12.6. The van der Waals surface area contributed by atoms with Crippen LogP contribution in [0.2, 0.25) is 0 Å². The number of aromatic nitrogens is 4. The number of H-pyrrole nitrogens is 1. The molecule has 0 radical (unpaired) electrons. The number of carbonyl (C=O) groups is 1. The van der Waals surface area contributed by atoms with E-state index in [1.807, 2.05) is 0 Å². The van der Waals surface area contributed by atoms with Gasteiger partial charge in [0.05, 0.1) is 17.4 Å². The second kappa shape index (κ2) is 5.36. The first kappa shape index (κ1) is 14.7. The summed E-state index contributed by atoms with van der Waals surface area (Å²) in [6.45, 7) is 0. The molecule has 2 N–H and O–H groups in total. The Kier molecular flexibility index (Phi) is 3.29. The molecule has 1 amide bonds. The van der Waals surface area contributed by atoms with E-state index in [1.165, 1.54) is 0 Å². The van der Waals surface area contributed by atoms with Gasteiger partial charge in [0.1, 0.15) is 5.54 Å². The molecule has 124 valence electrons. The number of carbonyl (C=O) groups excluding carboxylic acids is 1. The smallest absolute Gasteiger partial charge is 0.315 e. The van der Waals surface area contributed by atoms with Crippen LogP contribution in [0.15, 0.2) is 29.0 Å². The van der Waals surface area contributed by atoms with Gasteiger partial charge >= 0.3 is 6.43 Å². The normalized spacial score (nSPS) is 16.3. The van der Waals surface area contributed by atoms with Crippen LogP contribution in [0.25, 0.3) is 11.0 Å². The molecule has 0 spiro atoms. The number of hydrogen-bond donors (Lipinski definition) is 2. The first-order valence-corrected chi connectivity index (χ1v) is 7.45. The van der Waals surface area contributed by atoms with Crippen LogP contribution in [0, 0.1) is 0 Å². The van der Waals surface area contributed by atoms with E-state index in [1.54, 1.807) is 24.5 Å². The summed E-state index contributed by atoms with van der Waals surface area (Å²) >= 11 is 0. The lowest BCUT2D eigenvalue weighted by atomic mass is 9.76. The monoisotopic (exact) mass is 333 g/mol. The maximum absolute atomic E-state index is 12.6. The fourth-order valence-electron chi connectivity index (χ4n) is 2.82. The van der Waals surface area contributed by atoms with Gasteiger partial charge in [0.25, 0.3) is 11.8 Å². The van der Waals surface area contributed by atoms with Crippen molar-refractivity contribution in [1.29, 1.82) is 0 Å². The lowest BCUT2D eigenvalue weighted by molar-refractivity contribution is 0.0804. The molecule has 9 heteroatoms. The summed E-state index contributed by atoms with van der Waals surface area (Å²) in [5.74, 6) is -0.959. The zero-order valence-electron chi connectivity index (χ0n) is 12.4. The van der Waals surface area contributed by atoms with Crippen molar-refractivity contribution in [2.24, 2.45) is 0 Å². The van der Waals surface area contributed by atoms with Crippen molar-refractivity contribution < 1.29 is 18.1 Å². The predicted octanol–water partition coefficient (Wildman–Crippen LogP) is 2.69. The van der Waals surface area contributed by atoms with E-state index in [-0.39, 0.29) is 11.7 Å². The van der Waals surface area contributed by atoms with Crippen LogP contribution >= 0.6 is 0 Å². The first-order valence-electron chi connectivity index (χ1n) is 7.45. The Morgan fingerprint density at radius 1 is 1.38 bits per heavy atom. The van der Waals surface area contributed by atoms with Crippen molar-refractivity contribution in [3.05, 3.63) is 41.8 Å². The molecule has 0 aliphatic heterocycles. The Bertz CT molecular complexity index is 900. The number of hydrogen-bond acceptors (Lipinski definition) is 5. The van der Waals surface area contributed by atoms with Gasteiger partial charge in [-0.2, -0.15) is 13.8 Å². The molecule has 7 nitrogen and oxygen atoms in total. The third kappa shape index (κ3) is 2.32. The first-order chi connectivity index (χ1) is 11.6. The van der Waals surface area contributed by atoms with Crippen LogP contribution in [0.1, 0.15) is 47.8 Å². The molecule has 4 rings (SSSR count). The van der Waals surface area contributed by atoms with Crippen molar-refractivity contribution in [2.75, 3.05) is 0 Å². The summed E-state index contributed by atoms with van der Waals surface area (Å²) in [5.41, 5.74) is 1.08. The van der Waals surface area contributed by atoms with Crippen LogP contribution in [-0.2, 0) is 5.54 Å². The average molecular weight is 333 g/mol.